The molecule has 92 valence electrons. The molecule has 1 aliphatic rings. The maximum atomic E-state index is 10.6. The normalized spacial score (nSPS) is 20.6. The summed E-state index contributed by atoms with van der Waals surface area (Å²) in [5, 5.41) is 8.74. The molecule has 0 aromatic carbocycles. The Balaban J connectivity index is 1.73. The van der Waals surface area contributed by atoms with Gasteiger partial charge in [-0.2, -0.15) is 0 Å². The van der Waals surface area contributed by atoms with Gasteiger partial charge >= 0.3 is 5.97 Å². The van der Waals surface area contributed by atoms with Crippen LogP contribution in [-0.4, -0.2) is 40.6 Å². The first-order chi connectivity index (χ1) is 8.24. The Hall–Kier alpha value is -1.42. The third-order valence-electron chi connectivity index (χ3n) is 3.30. The van der Waals surface area contributed by atoms with E-state index in [2.05, 4.69) is 9.88 Å². The van der Waals surface area contributed by atoms with E-state index in [1.165, 1.54) is 5.56 Å². The van der Waals surface area contributed by atoms with E-state index >= 15 is 0 Å². The van der Waals surface area contributed by atoms with Gasteiger partial charge < -0.3 is 10.0 Å². The molecule has 0 amide bonds. The number of hydrogen-bond donors (Lipinski definition) is 1. The minimum absolute atomic E-state index is 0.311. The first-order valence-electron chi connectivity index (χ1n) is 6.07. The number of likely N-dealkylation sites (tertiary alicyclic amines) is 1. The molecular formula is C13H18N2O2. The van der Waals surface area contributed by atoms with Crippen molar-refractivity contribution in [1.82, 2.24) is 9.88 Å². The van der Waals surface area contributed by atoms with Gasteiger partial charge in [-0.25, -0.2) is 0 Å². The van der Waals surface area contributed by atoms with Gasteiger partial charge in [-0.1, -0.05) is 0 Å². The van der Waals surface area contributed by atoms with E-state index in [-0.39, 0.29) is 0 Å². The van der Waals surface area contributed by atoms with Crippen LogP contribution in [0, 0.1) is 5.92 Å². The van der Waals surface area contributed by atoms with Crippen LogP contribution in [-0.2, 0) is 11.2 Å². The summed E-state index contributed by atoms with van der Waals surface area (Å²) in [5.74, 6) is -0.337. The summed E-state index contributed by atoms with van der Waals surface area (Å²) in [6.45, 7) is 2.97. The SMILES string of the molecule is O=C(O)CC1CCN(CCc2ccncc2)C1. The van der Waals surface area contributed by atoms with Crippen molar-refractivity contribution in [2.24, 2.45) is 5.92 Å². The Morgan fingerprint density at radius 1 is 1.47 bits per heavy atom. The minimum Gasteiger partial charge on any atom is -0.481 e. The second-order valence-corrected chi connectivity index (χ2v) is 4.66. The van der Waals surface area contributed by atoms with Crippen LogP contribution in [0.15, 0.2) is 24.5 Å². The lowest BCUT2D eigenvalue weighted by molar-refractivity contribution is -0.138. The van der Waals surface area contributed by atoms with Gasteiger partial charge in [-0.05, 0) is 43.0 Å². The molecule has 17 heavy (non-hydrogen) atoms. The summed E-state index contributed by atoms with van der Waals surface area (Å²) in [4.78, 5) is 17.0. The number of carboxylic acids is 1. The molecule has 4 heteroatoms. The zero-order valence-electron chi connectivity index (χ0n) is 9.88. The molecule has 0 spiro atoms. The summed E-state index contributed by atoms with van der Waals surface area (Å²) in [6.07, 6.45) is 5.97. The van der Waals surface area contributed by atoms with E-state index in [0.29, 0.717) is 12.3 Å². The molecule has 2 heterocycles. The number of nitrogens with zero attached hydrogens (tertiary/aromatic N) is 2. The number of carboxylic acid groups (broad SMARTS) is 1. The van der Waals surface area contributed by atoms with Gasteiger partial charge in [0.2, 0.25) is 0 Å². The molecule has 1 fully saturated rings. The predicted molar refractivity (Wildman–Crippen MR) is 64.7 cm³/mol. The Bertz CT molecular complexity index is 367. The molecule has 1 saturated heterocycles. The van der Waals surface area contributed by atoms with Crippen molar-refractivity contribution in [2.45, 2.75) is 19.3 Å². The third-order valence-corrected chi connectivity index (χ3v) is 3.30. The second kappa shape index (κ2) is 5.77. The molecule has 0 aliphatic carbocycles. The van der Waals surface area contributed by atoms with Gasteiger partial charge in [0.1, 0.15) is 0 Å². The van der Waals surface area contributed by atoms with Crippen LogP contribution in [0.5, 0.6) is 0 Å². The summed E-state index contributed by atoms with van der Waals surface area (Å²) < 4.78 is 0. The molecule has 1 aromatic heterocycles. The van der Waals surface area contributed by atoms with Gasteiger partial charge in [0.25, 0.3) is 0 Å². The first kappa shape index (κ1) is 12.0. The topological polar surface area (TPSA) is 53.4 Å². The van der Waals surface area contributed by atoms with E-state index < -0.39 is 5.97 Å². The van der Waals surface area contributed by atoms with Crippen molar-refractivity contribution in [1.29, 1.82) is 0 Å². The molecular weight excluding hydrogens is 216 g/mol. The van der Waals surface area contributed by atoms with E-state index in [9.17, 15) is 4.79 Å². The van der Waals surface area contributed by atoms with Crippen LogP contribution in [0.2, 0.25) is 0 Å². The van der Waals surface area contributed by atoms with Crippen molar-refractivity contribution in [3.8, 4) is 0 Å². The maximum absolute atomic E-state index is 10.6. The van der Waals surface area contributed by atoms with Crippen molar-refractivity contribution >= 4 is 5.97 Å². The zero-order valence-corrected chi connectivity index (χ0v) is 9.88. The largest absolute Gasteiger partial charge is 0.481 e. The summed E-state index contributed by atoms with van der Waals surface area (Å²) >= 11 is 0. The summed E-state index contributed by atoms with van der Waals surface area (Å²) in [5.41, 5.74) is 1.29. The molecule has 1 atom stereocenters. The number of aliphatic carboxylic acids is 1. The van der Waals surface area contributed by atoms with Crippen molar-refractivity contribution in [3.05, 3.63) is 30.1 Å². The summed E-state index contributed by atoms with van der Waals surface area (Å²) in [7, 11) is 0. The lowest BCUT2D eigenvalue weighted by atomic mass is 10.1. The number of rotatable bonds is 5. The Morgan fingerprint density at radius 2 is 2.24 bits per heavy atom. The average Bonchev–Trinajstić information content (AvgIpc) is 2.75. The highest BCUT2D eigenvalue weighted by Crippen LogP contribution is 2.19. The monoisotopic (exact) mass is 234 g/mol. The molecule has 1 aliphatic heterocycles. The predicted octanol–water partition coefficient (Wildman–Crippen LogP) is 1.42. The molecule has 1 N–H and O–H groups in total. The molecule has 0 radical (unpaired) electrons. The van der Waals surface area contributed by atoms with Crippen LogP contribution in [0.4, 0.5) is 0 Å². The Morgan fingerprint density at radius 3 is 2.94 bits per heavy atom. The third kappa shape index (κ3) is 3.82. The molecule has 0 saturated carbocycles. The molecule has 2 rings (SSSR count). The zero-order chi connectivity index (χ0) is 12.1. The molecule has 0 bridgehead atoms. The van der Waals surface area contributed by atoms with Crippen molar-refractivity contribution in [2.75, 3.05) is 19.6 Å². The Labute approximate surface area is 101 Å². The van der Waals surface area contributed by atoms with Crippen LogP contribution in [0.3, 0.4) is 0 Å². The lowest BCUT2D eigenvalue weighted by Crippen LogP contribution is -2.23. The first-order valence-corrected chi connectivity index (χ1v) is 6.07. The standard InChI is InChI=1S/C13H18N2O2/c16-13(17)9-12-4-8-15(10-12)7-3-11-1-5-14-6-2-11/h1-2,5-6,12H,3-4,7-10H2,(H,16,17). The fourth-order valence-electron chi connectivity index (χ4n) is 2.37. The fraction of sp³-hybridized carbons (Fsp3) is 0.538. The highest BCUT2D eigenvalue weighted by atomic mass is 16.4. The average molecular weight is 234 g/mol. The van der Waals surface area contributed by atoms with E-state index in [1.54, 1.807) is 0 Å². The van der Waals surface area contributed by atoms with Crippen LogP contribution in [0.25, 0.3) is 0 Å². The van der Waals surface area contributed by atoms with E-state index in [0.717, 1.165) is 32.5 Å². The van der Waals surface area contributed by atoms with E-state index in [1.807, 2.05) is 24.5 Å². The van der Waals surface area contributed by atoms with E-state index in [4.69, 9.17) is 5.11 Å². The van der Waals surface area contributed by atoms with Gasteiger partial charge in [0, 0.05) is 31.9 Å². The second-order valence-electron chi connectivity index (χ2n) is 4.66. The number of carbonyl (C=O) groups is 1. The van der Waals surface area contributed by atoms with Crippen LogP contribution < -0.4 is 0 Å². The van der Waals surface area contributed by atoms with Crippen molar-refractivity contribution < 1.29 is 9.90 Å². The lowest BCUT2D eigenvalue weighted by Gasteiger charge is -2.15. The smallest absolute Gasteiger partial charge is 0.303 e. The van der Waals surface area contributed by atoms with Crippen LogP contribution in [0.1, 0.15) is 18.4 Å². The van der Waals surface area contributed by atoms with Gasteiger partial charge in [-0.3, -0.25) is 9.78 Å². The molecule has 1 aromatic rings. The molecule has 1 unspecified atom stereocenters. The fourth-order valence-corrected chi connectivity index (χ4v) is 2.37. The molecule has 4 nitrogen and oxygen atoms in total. The quantitative estimate of drug-likeness (QED) is 0.837. The van der Waals surface area contributed by atoms with Crippen molar-refractivity contribution in [3.63, 3.8) is 0 Å². The Kier molecular flexibility index (Phi) is 4.09. The van der Waals surface area contributed by atoms with Gasteiger partial charge in [0.15, 0.2) is 0 Å². The highest BCUT2D eigenvalue weighted by Gasteiger charge is 2.23. The van der Waals surface area contributed by atoms with Crippen LogP contribution >= 0.6 is 0 Å². The highest BCUT2D eigenvalue weighted by molar-refractivity contribution is 5.67. The van der Waals surface area contributed by atoms with Gasteiger partial charge in [-0.15, -0.1) is 0 Å². The number of aromatic nitrogens is 1. The minimum atomic E-state index is -0.675. The summed E-state index contributed by atoms with van der Waals surface area (Å²) in [6, 6.07) is 4.07. The van der Waals surface area contributed by atoms with Gasteiger partial charge in [0.05, 0.1) is 0 Å². The maximum Gasteiger partial charge on any atom is 0.303 e. The number of pyridine rings is 1. The number of hydrogen-bond acceptors (Lipinski definition) is 3.